The fraction of sp³-hybridized carbons (Fsp3) is 0.714. The van der Waals surface area contributed by atoms with E-state index in [0.717, 1.165) is 48.0 Å². The number of benzene rings is 2. The van der Waals surface area contributed by atoms with Crippen LogP contribution in [0.15, 0.2) is 36.4 Å². The van der Waals surface area contributed by atoms with Gasteiger partial charge in [0.2, 0.25) is 0 Å². The van der Waals surface area contributed by atoms with Crippen LogP contribution in [0, 0.1) is 0 Å². The molecule has 272 valence electrons. The highest BCUT2D eigenvalue weighted by atomic mass is 28.4. The van der Waals surface area contributed by atoms with Crippen molar-refractivity contribution in [3.05, 3.63) is 47.5 Å². The summed E-state index contributed by atoms with van der Waals surface area (Å²) in [5.41, 5.74) is 12.9. The Morgan fingerprint density at radius 3 is 1.48 bits per heavy atom. The molecule has 0 spiro atoms. The minimum absolute atomic E-state index is 0.186. The first kappa shape index (κ1) is 40.8. The summed E-state index contributed by atoms with van der Waals surface area (Å²) in [5, 5.41) is 1.48. The molecule has 0 saturated carbocycles. The van der Waals surface area contributed by atoms with Gasteiger partial charge in [-0.25, -0.2) is 0 Å². The van der Waals surface area contributed by atoms with E-state index < -0.39 is 16.4 Å². The summed E-state index contributed by atoms with van der Waals surface area (Å²) < 4.78 is 19.5. The van der Waals surface area contributed by atoms with Gasteiger partial charge in [-0.2, -0.15) is 0 Å². The summed E-state index contributed by atoms with van der Waals surface area (Å²) in [6.07, 6.45) is 11.4. The normalized spacial score (nSPS) is 15.2. The molecule has 0 aliphatic carbocycles. The Hall–Kier alpha value is -1.61. The van der Waals surface area contributed by atoms with Crippen molar-refractivity contribution in [1.82, 2.24) is 0 Å². The van der Waals surface area contributed by atoms with Crippen molar-refractivity contribution in [2.75, 3.05) is 13.2 Å². The monoisotopic (exact) mass is 696 g/mol. The highest BCUT2D eigenvalue weighted by Crippen LogP contribution is 2.46. The first-order chi connectivity index (χ1) is 22.7. The van der Waals surface area contributed by atoms with E-state index in [1.54, 1.807) is 0 Å². The van der Waals surface area contributed by atoms with E-state index in [0.29, 0.717) is 33.2 Å². The molecule has 1 aliphatic heterocycles. The van der Waals surface area contributed by atoms with Gasteiger partial charge >= 0.3 is 0 Å². The molecular weight excluding hydrogens is 623 g/mol. The fourth-order valence-electron chi connectivity index (χ4n) is 9.77. The van der Waals surface area contributed by atoms with Crippen LogP contribution in [0.3, 0.4) is 0 Å². The Kier molecular flexibility index (Phi) is 15.8. The van der Waals surface area contributed by atoms with E-state index >= 15 is 0 Å². The van der Waals surface area contributed by atoms with Gasteiger partial charge in [0.15, 0.2) is 8.32 Å². The van der Waals surface area contributed by atoms with Crippen molar-refractivity contribution in [3.63, 3.8) is 0 Å². The Bertz CT molecular complexity index is 1210. The third-order valence-corrected chi connectivity index (χ3v) is 25.0. The van der Waals surface area contributed by atoms with Crippen LogP contribution in [0.2, 0.25) is 33.2 Å². The lowest BCUT2D eigenvalue weighted by atomic mass is 9.95. The standard InChI is InChI=1S/C42H73NO3Si2/c1-30(2)47(31(3)4,32(5)6)37-23-25-39-41(29-37)46-40-28-36(22-24-38(40)42(39)43)44-26-20-18-16-14-13-15-17-19-21-27-45-48(33(7)8,34(9)10)35(11)12/h22-25,28-35,42H,13-21,26-27,43H2,1-12H3. The van der Waals surface area contributed by atoms with Gasteiger partial charge in [-0.15, -0.1) is 0 Å². The van der Waals surface area contributed by atoms with Crippen LogP contribution in [0.25, 0.3) is 0 Å². The number of unbranched alkanes of at least 4 members (excludes halogenated alkanes) is 8. The van der Waals surface area contributed by atoms with Crippen LogP contribution in [0.4, 0.5) is 0 Å². The molecule has 2 aromatic carbocycles. The molecule has 0 aromatic heterocycles. The van der Waals surface area contributed by atoms with E-state index in [9.17, 15) is 0 Å². The van der Waals surface area contributed by atoms with Crippen LogP contribution >= 0.6 is 0 Å². The fourth-order valence-corrected chi connectivity index (χ4v) is 22.0. The predicted molar refractivity (Wildman–Crippen MR) is 214 cm³/mol. The Labute approximate surface area is 298 Å². The van der Waals surface area contributed by atoms with Gasteiger partial charge in [-0.1, -0.05) is 145 Å². The van der Waals surface area contributed by atoms with Crippen LogP contribution < -0.4 is 20.4 Å². The number of rotatable bonds is 21. The molecule has 4 nitrogen and oxygen atoms in total. The van der Waals surface area contributed by atoms with Gasteiger partial charge in [0.1, 0.15) is 17.2 Å². The van der Waals surface area contributed by atoms with Crippen molar-refractivity contribution < 1.29 is 13.9 Å². The topological polar surface area (TPSA) is 53.7 Å². The summed E-state index contributed by atoms with van der Waals surface area (Å²) in [7, 11) is -3.50. The van der Waals surface area contributed by atoms with Crippen LogP contribution in [-0.4, -0.2) is 29.6 Å². The van der Waals surface area contributed by atoms with Crippen molar-refractivity contribution in [3.8, 4) is 17.2 Å². The van der Waals surface area contributed by atoms with Gasteiger partial charge in [0.05, 0.1) is 20.7 Å². The molecule has 0 fully saturated rings. The zero-order chi connectivity index (χ0) is 35.6. The maximum absolute atomic E-state index is 6.80. The average Bonchev–Trinajstić information content (AvgIpc) is 3.00. The van der Waals surface area contributed by atoms with Crippen molar-refractivity contribution in [2.24, 2.45) is 5.73 Å². The molecule has 48 heavy (non-hydrogen) atoms. The maximum Gasteiger partial charge on any atom is 0.200 e. The first-order valence-corrected chi connectivity index (χ1v) is 24.1. The van der Waals surface area contributed by atoms with E-state index in [1.165, 1.54) is 56.6 Å². The quantitative estimate of drug-likeness (QED) is 0.104. The second-order valence-electron chi connectivity index (χ2n) is 16.6. The van der Waals surface area contributed by atoms with Crippen molar-refractivity contribution in [1.29, 1.82) is 0 Å². The summed E-state index contributed by atoms with van der Waals surface area (Å²) in [6, 6.07) is 12.9. The van der Waals surface area contributed by atoms with Crippen LogP contribution in [0.1, 0.15) is 158 Å². The molecule has 2 N–H and O–H groups in total. The van der Waals surface area contributed by atoms with E-state index in [2.05, 4.69) is 113 Å². The summed E-state index contributed by atoms with van der Waals surface area (Å²) >= 11 is 0. The number of hydrogen-bond acceptors (Lipinski definition) is 4. The van der Waals surface area contributed by atoms with Crippen molar-refractivity contribution in [2.45, 2.75) is 180 Å². The third-order valence-electron chi connectivity index (χ3n) is 11.9. The molecule has 0 bridgehead atoms. The summed E-state index contributed by atoms with van der Waals surface area (Å²) in [6.45, 7) is 30.4. The molecule has 6 heteroatoms. The molecule has 0 radical (unpaired) electrons. The van der Waals surface area contributed by atoms with Gasteiger partial charge in [0.25, 0.3) is 0 Å². The smallest absolute Gasteiger partial charge is 0.200 e. The lowest BCUT2D eigenvalue weighted by Crippen LogP contribution is -2.55. The van der Waals surface area contributed by atoms with Gasteiger partial charge in [-0.05, 0) is 64.3 Å². The Balaban J connectivity index is 1.39. The molecule has 2 aromatic rings. The molecule has 0 amide bonds. The Morgan fingerprint density at radius 1 is 0.562 bits per heavy atom. The van der Waals surface area contributed by atoms with E-state index in [-0.39, 0.29) is 6.04 Å². The third kappa shape index (κ3) is 9.19. The predicted octanol–water partition coefficient (Wildman–Crippen LogP) is 12.8. The first-order valence-electron chi connectivity index (χ1n) is 19.7. The molecule has 3 rings (SSSR count). The largest absolute Gasteiger partial charge is 0.493 e. The molecular formula is C42H73NO3Si2. The zero-order valence-corrected chi connectivity index (χ0v) is 35.1. The molecule has 1 heterocycles. The lowest BCUT2D eigenvalue weighted by Gasteiger charge is -2.44. The summed E-state index contributed by atoms with van der Waals surface area (Å²) in [4.78, 5) is 0. The van der Waals surface area contributed by atoms with Gasteiger partial charge in [0, 0.05) is 23.8 Å². The second-order valence-corrected chi connectivity index (χ2v) is 28.0. The highest BCUT2D eigenvalue weighted by molar-refractivity contribution is 6.95. The molecule has 0 saturated heterocycles. The number of hydrogen-bond donors (Lipinski definition) is 1. The Morgan fingerprint density at radius 2 is 1.00 bits per heavy atom. The molecule has 1 atom stereocenters. The second kappa shape index (κ2) is 18.6. The van der Waals surface area contributed by atoms with E-state index in [4.69, 9.17) is 19.6 Å². The van der Waals surface area contributed by atoms with Gasteiger partial charge < -0.3 is 19.6 Å². The van der Waals surface area contributed by atoms with Crippen LogP contribution in [0.5, 0.6) is 17.2 Å². The van der Waals surface area contributed by atoms with E-state index in [1.807, 2.05) is 6.07 Å². The minimum atomic E-state index is -1.80. The van der Waals surface area contributed by atoms with Gasteiger partial charge in [-0.3, -0.25) is 0 Å². The highest BCUT2D eigenvalue weighted by Gasteiger charge is 2.46. The lowest BCUT2D eigenvalue weighted by molar-refractivity contribution is 0.267. The molecule has 1 aliphatic rings. The number of nitrogens with two attached hydrogens (primary N) is 1. The van der Waals surface area contributed by atoms with Crippen LogP contribution in [-0.2, 0) is 4.43 Å². The number of fused-ring (bicyclic) bond motifs is 2. The van der Waals surface area contributed by atoms with Crippen molar-refractivity contribution >= 4 is 21.6 Å². The number of ether oxygens (including phenoxy) is 2. The minimum Gasteiger partial charge on any atom is -0.493 e. The average molecular weight is 696 g/mol. The zero-order valence-electron chi connectivity index (χ0n) is 33.1. The SMILES string of the molecule is CC(C)[Si](OCCCCCCCCCCCOc1ccc2c(c1)Oc1cc([Si](C(C)C)(C(C)C)C(C)C)ccc1C2N)(C(C)C)C(C)C. The summed E-state index contributed by atoms with van der Waals surface area (Å²) in [5.74, 6) is 2.63. The molecule has 1 unspecified atom stereocenters. The maximum atomic E-state index is 6.80.